The fourth-order valence-electron chi connectivity index (χ4n) is 5.81. The van der Waals surface area contributed by atoms with E-state index in [1.54, 1.807) is 0 Å². The molecule has 0 radical (unpaired) electrons. The van der Waals surface area contributed by atoms with Crippen molar-refractivity contribution in [2.24, 2.45) is 0 Å². The molecule has 1 aliphatic carbocycles. The minimum atomic E-state index is -1.93. The number of hydrogen-bond acceptors (Lipinski definition) is 19. The molecule has 19 atom stereocenters. The van der Waals surface area contributed by atoms with Crippen LogP contribution in [0.4, 0.5) is 0 Å². The van der Waals surface area contributed by atoms with Crippen molar-refractivity contribution >= 4 is 0 Å². The maximum absolute atomic E-state index is 10.9. The molecular formula is C25H43NO18. The van der Waals surface area contributed by atoms with E-state index < -0.39 is 136 Å². The van der Waals surface area contributed by atoms with E-state index in [0.717, 1.165) is 0 Å². The Balaban J connectivity index is 1.42. The zero-order valence-electron chi connectivity index (χ0n) is 23.5. The van der Waals surface area contributed by atoms with Crippen LogP contribution in [0.1, 0.15) is 6.92 Å². The summed E-state index contributed by atoms with van der Waals surface area (Å²) in [6.07, 6.45) is -26.6. The van der Waals surface area contributed by atoms with E-state index in [2.05, 4.69) is 5.32 Å². The van der Waals surface area contributed by atoms with Gasteiger partial charge in [-0.15, -0.1) is 0 Å². The van der Waals surface area contributed by atoms with Gasteiger partial charge in [0.15, 0.2) is 18.9 Å². The van der Waals surface area contributed by atoms with E-state index in [-0.39, 0.29) is 5.57 Å². The first-order valence-electron chi connectivity index (χ1n) is 14.1. The number of aliphatic hydroxyl groups is 13. The summed E-state index contributed by atoms with van der Waals surface area (Å²) in [6, 6.07) is -2.17. The summed E-state index contributed by atoms with van der Waals surface area (Å²) in [5.41, 5.74) is 0.0225. The monoisotopic (exact) mass is 645 g/mol. The Morgan fingerprint density at radius 1 is 0.636 bits per heavy atom. The Morgan fingerprint density at radius 2 is 1.16 bits per heavy atom. The van der Waals surface area contributed by atoms with Crippen LogP contribution >= 0.6 is 0 Å². The van der Waals surface area contributed by atoms with Gasteiger partial charge in [0.1, 0.15) is 79.4 Å². The van der Waals surface area contributed by atoms with Crippen LogP contribution in [0.2, 0.25) is 0 Å². The van der Waals surface area contributed by atoms with Crippen LogP contribution in [-0.4, -0.2) is 203 Å². The SMILES string of the molecule is C[C@H]1OC(OC2C(O)[C@@H](O)C(OC3C(O)[C@@H](O)C(O)O[C@@H]3CO)O[C@@H]2CO)[C@H](O)C(O)C1N[C@H]1C=C(CO)[C@@H](O)[C@H](O)C1O. The van der Waals surface area contributed by atoms with E-state index in [0.29, 0.717) is 0 Å². The molecule has 3 fully saturated rings. The Bertz CT molecular complexity index is 958. The summed E-state index contributed by atoms with van der Waals surface area (Å²) in [7, 11) is 0. The van der Waals surface area contributed by atoms with E-state index in [1.165, 1.54) is 13.0 Å². The van der Waals surface area contributed by atoms with Crippen molar-refractivity contribution in [1.82, 2.24) is 5.32 Å². The van der Waals surface area contributed by atoms with E-state index in [4.69, 9.17) is 23.7 Å². The zero-order chi connectivity index (χ0) is 32.6. The Morgan fingerprint density at radius 3 is 1.73 bits per heavy atom. The van der Waals surface area contributed by atoms with Gasteiger partial charge in [-0.25, -0.2) is 0 Å². The third kappa shape index (κ3) is 6.96. The molecule has 10 unspecified atom stereocenters. The van der Waals surface area contributed by atoms with Crippen molar-refractivity contribution in [2.75, 3.05) is 19.8 Å². The summed E-state index contributed by atoms with van der Waals surface area (Å²) < 4.78 is 27.4. The summed E-state index contributed by atoms with van der Waals surface area (Å²) in [4.78, 5) is 0. The number of rotatable bonds is 9. The van der Waals surface area contributed by atoms with Gasteiger partial charge in [-0.2, -0.15) is 0 Å². The smallest absolute Gasteiger partial charge is 0.187 e. The highest BCUT2D eigenvalue weighted by molar-refractivity contribution is 5.22. The molecule has 3 aliphatic heterocycles. The first-order valence-corrected chi connectivity index (χ1v) is 14.1. The Labute approximate surface area is 250 Å². The van der Waals surface area contributed by atoms with Crippen molar-refractivity contribution in [3.05, 3.63) is 11.6 Å². The summed E-state index contributed by atoms with van der Waals surface area (Å²) in [5, 5.41) is 136. The lowest BCUT2D eigenvalue weighted by molar-refractivity contribution is -0.373. The maximum atomic E-state index is 10.9. The zero-order valence-corrected chi connectivity index (χ0v) is 23.5. The molecule has 0 aromatic heterocycles. The van der Waals surface area contributed by atoms with Crippen LogP contribution in [0.25, 0.3) is 0 Å². The standard InChI is InChI=1S/C25H43NO18/c1-6-11(26-8-2-7(3-27)12(30)15(33)13(8)31)14(32)19(37)24(40-6)43-22-10(5-29)42-25(20(38)17(22)35)44-21-9(4-28)41-23(39)18(36)16(21)34/h2,6,8-39H,3-5H2,1H3/t6-,8+,9-,10-,11?,12-,13?,14?,15+,16?,17?,18-,19-,20-,21?,22?,23?,24?,25?/m1/s1. The molecule has 0 amide bonds. The topological polar surface area (TPSA) is 321 Å². The lowest BCUT2D eigenvalue weighted by Gasteiger charge is -2.48. The largest absolute Gasteiger partial charge is 0.394 e. The second-order valence-electron chi connectivity index (χ2n) is 11.4. The molecule has 0 bridgehead atoms. The number of aliphatic hydroxyl groups excluding tert-OH is 13. The Hall–Kier alpha value is -1.02. The van der Waals surface area contributed by atoms with Crippen LogP contribution in [0, 0.1) is 0 Å². The first kappa shape index (κ1) is 35.8. The maximum Gasteiger partial charge on any atom is 0.187 e. The van der Waals surface area contributed by atoms with Gasteiger partial charge in [-0.05, 0) is 12.5 Å². The van der Waals surface area contributed by atoms with Gasteiger partial charge in [-0.3, -0.25) is 0 Å². The van der Waals surface area contributed by atoms with E-state index >= 15 is 0 Å². The van der Waals surface area contributed by atoms with E-state index in [1.807, 2.05) is 0 Å². The highest BCUT2D eigenvalue weighted by Crippen LogP contribution is 2.32. The van der Waals surface area contributed by atoms with Gasteiger partial charge in [0.25, 0.3) is 0 Å². The predicted molar refractivity (Wildman–Crippen MR) is 138 cm³/mol. The summed E-state index contributed by atoms with van der Waals surface area (Å²) in [6.45, 7) is -0.753. The third-order valence-electron chi connectivity index (χ3n) is 8.48. The molecule has 0 aromatic rings. The molecule has 0 aromatic carbocycles. The van der Waals surface area contributed by atoms with Gasteiger partial charge < -0.3 is 95.4 Å². The molecule has 3 heterocycles. The molecule has 14 N–H and O–H groups in total. The number of hydrogen-bond donors (Lipinski definition) is 14. The van der Waals surface area contributed by atoms with Crippen molar-refractivity contribution in [3.63, 3.8) is 0 Å². The average molecular weight is 646 g/mol. The fourth-order valence-corrected chi connectivity index (χ4v) is 5.81. The van der Waals surface area contributed by atoms with Crippen LogP contribution in [0.3, 0.4) is 0 Å². The van der Waals surface area contributed by atoms with Crippen LogP contribution < -0.4 is 5.32 Å². The van der Waals surface area contributed by atoms with Crippen molar-refractivity contribution in [2.45, 2.75) is 123 Å². The van der Waals surface area contributed by atoms with Gasteiger partial charge in [0.2, 0.25) is 0 Å². The molecule has 0 saturated carbocycles. The minimum absolute atomic E-state index is 0.0225. The molecular weight excluding hydrogens is 602 g/mol. The number of nitrogens with one attached hydrogen (secondary N) is 1. The normalized spacial score (nSPS) is 52.0. The number of ether oxygens (including phenoxy) is 5. The highest BCUT2D eigenvalue weighted by atomic mass is 16.7. The molecule has 19 heteroatoms. The second-order valence-corrected chi connectivity index (χ2v) is 11.4. The second kappa shape index (κ2) is 14.8. The van der Waals surface area contributed by atoms with Crippen LogP contribution in [0.5, 0.6) is 0 Å². The molecule has 3 saturated heterocycles. The van der Waals surface area contributed by atoms with Crippen molar-refractivity contribution < 1.29 is 90.1 Å². The summed E-state index contributed by atoms with van der Waals surface area (Å²) in [5.74, 6) is 0. The predicted octanol–water partition coefficient (Wildman–Crippen LogP) is -8.56. The first-order chi connectivity index (χ1) is 20.7. The molecule has 44 heavy (non-hydrogen) atoms. The molecule has 4 rings (SSSR count). The van der Waals surface area contributed by atoms with Crippen LogP contribution in [-0.2, 0) is 23.7 Å². The van der Waals surface area contributed by atoms with Crippen molar-refractivity contribution in [3.8, 4) is 0 Å². The summed E-state index contributed by atoms with van der Waals surface area (Å²) >= 11 is 0. The highest BCUT2D eigenvalue weighted by Gasteiger charge is 2.53. The lowest BCUT2D eigenvalue weighted by atomic mass is 9.86. The van der Waals surface area contributed by atoms with E-state index in [9.17, 15) is 66.4 Å². The average Bonchev–Trinajstić information content (AvgIpc) is 3.00. The fraction of sp³-hybridized carbons (Fsp3) is 0.920. The minimum Gasteiger partial charge on any atom is -0.394 e. The van der Waals surface area contributed by atoms with Crippen LogP contribution in [0.15, 0.2) is 11.6 Å². The Kier molecular flexibility index (Phi) is 12.1. The molecule has 4 aliphatic rings. The third-order valence-corrected chi connectivity index (χ3v) is 8.48. The van der Waals surface area contributed by atoms with Gasteiger partial charge in [-0.1, -0.05) is 6.08 Å². The van der Waals surface area contributed by atoms with Gasteiger partial charge in [0.05, 0.1) is 38.0 Å². The lowest BCUT2D eigenvalue weighted by Crippen LogP contribution is -2.68. The van der Waals surface area contributed by atoms with Crippen molar-refractivity contribution in [1.29, 1.82) is 0 Å². The molecule has 19 nitrogen and oxygen atoms in total. The van der Waals surface area contributed by atoms with Gasteiger partial charge in [0, 0.05) is 0 Å². The van der Waals surface area contributed by atoms with Gasteiger partial charge >= 0.3 is 0 Å². The quantitative estimate of drug-likeness (QED) is 0.103. The molecule has 256 valence electrons. The molecule has 0 spiro atoms.